The number of hydrogen-bond donors (Lipinski definition) is 1. The minimum Gasteiger partial charge on any atom is -0.378 e. The third-order valence-corrected chi connectivity index (χ3v) is 6.72. The van der Waals surface area contributed by atoms with E-state index >= 15 is 0 Å². The number of benzene rings is 4. The quantitative estimate of drug-likeness (QED) is 0.207. The first-order chi connectivity index (χ1) is 15.8. The number of hydrazone groups is 1. The van der Waals surface area contributed by atoms with Crippen molar-refractivity contribution in [3.63, 3.8) is 0 Å². The monoisotopic (exact) mass is 522 g/mol. The number of nitrogens with zero attached hydrogens (tertiary/aromatic N) is 1. The van der Waals surface area contributed by atoms with Gasteiger partial charge in [0.1, 0.15) is 4.90 Å². The second-order valence-electron chi connectivity index (χ2n) is 7.30. The van der Waals surface area contributed by atoms with Crippen molar-refractivity contribution < 1.29 is 17.4 Å². The predicted molar refractivity (Wildman–Crippen MR) is 132 cm³/mol. The van der Waals surface area contributed by atoms with Crippen LogP contribution in [-0.4, -0.2) is 20.5 Å². The largest absolute Gasteiger partial charge is 0.378 e. The molecule has 1 amide bonds. The molecule has 4 aromatic rings. The number of fused-ring (bicyclic) bond motifs is 1. The summed E-state index contributed by atoms with van der Waals surface area (Å²) in [6.45, 7) is 1.87. The first-order valence-electron chi connectivity index (χ1n) is 9.95. The minimum absolute atomic E-state index is 0.0713. The molecule has 33 heavy (non-hydrogen) atoms. The smallest absolute Gasteiger partial charge is 0.339 e. The Balaban J connectivity index is 1.43. The number of carbonyl (C=O) groups excluding carboxylic acids is 1. The van der Waals surface area contributed by atoms with Crippen LogP contribution in [0.25, 0.3) is 10.8 Å². The van der Waals surface area contributed by atoms with Gasteiger partial charge in [-0.3, -0.25) is 4.79 Å². The normalized spacial score (nSPS) is 11.6. The molecular weight excluding hydrogens is 504 g/mol. The lowest BCUT2D eigenvalue weighted by molar-refractivity contribution is 0.0955. The van der Waals surface area contributed by atoms with Crippen LogP contribution in [0.15, 0.2) is 99.4 Å². The van der Waals surface area contributed by atoms with Crippen LogP contribution in [0.3, 0.4) is 0 Å². The van der Waals surface area contributed by atoms with Crippen LogP contribution in [0.1, 0.15) is 21.5 Å². The van der Waals surface area contributed by atoms with Crippen LogP contribution >= 0.6 is 15.9 Å². The van der Waals surface area contributed by atoms with Gasteiger partial charge >= 0.3 is 10.1 Å². The van der Waals surface area contributed by atoms with E-state index in [1.807, 2.05) is 37.3 Å². The van der Waals surface area contributed by atoms with Gasteiger partial charge in [-0.1, -0.05) is 48.0 Å². The third kappa shape index (κ3) is 5.47. The zero-order valence-electron chi connectivity index (χ0n) is 17.5. The molecule has 0 atom stereocenters. The maximum absolute atomic E-state index is 12.5. The van der Waals surface area contributed by atoms with Gasteiger partial charge < -0.3 is 4.18 Å². The molecule has 0 spiro atoms. The Bertz CT molecular complexity index is 1470. The van der Waals surface area contributed by atoms with Crippen molar-refractivity contribution in [2.24, 2.45) is 5.10 Å². The van der Waals surface area contributed by atoms with Gasteiger partial charge in [0.25, 0.3) is 5.91 Å². The molecule has 6 nitrogen and oxygen atoms in total. The van der Waals surface area contributed by atoms with Crippen molar-refractivity contribution in [2.45, 2.75) is 11.8 Å². The van der Waals surface area contributed by atoms with Crippen LogP contribution in [0.5, 0.6) is 5.75 Å². The molecule has 1 N–H and O–H groups in total. The van der Waals surface area contributed by atoms with E-state index in [1.165, 1.54) is 24.4 Å². The maximum Gasteiger partial charge on any atom is 0.339 e. The van der Waals surface area contributed by atoms with E-state index in [2.05, 4.69) is 26.5 Å². The lowest BCUT2D eigenvalue weighted by atomic mass is 10.1. The first kappa shape index (κ1) is 22.7. The van der Waals surface area contributed by atoms with E-state index in [4.69, 9.17) is 4.18 Å². The number of amides is 1. The van der Waals surface area contributed by atoms with Gasteiger partial charge in [-0.25, -0.2) is 5.43 Å². The highest BCUT2D eigenvalue weighted by molar-refractivity contribution is 9.10. The summed E-state index contributed by atoms with van der Waals surface area (Å²) >= 11 is 3.33. The van der Waals surface area contributed by atoms with E-state index in [-0.39, 0.29) is 16.6 Å². The van der Waals surface area contributed by atoms with Crippen molar-refractivity contribution >= 4 is 48.9 Å². The summed E-state index contributed by atoms with van der Waals surface area (Å²) in [7, 11) is -3.96. The molecule has 0 radical (unpaired) electrons. The minimum atomic E-state index is -3.96. The van der Waals surface area contributed by atoms with E-state index in [0.29, 0.717) is 15.6 Å². The lowest BCUT2D eigenvalue weighted by Crippen LogP contribution is -2.17. The number of rotatable bonds is 6. The average Bonchev–Trinajstić information content (AvgIpc) is 2.80. The summed E-state index contributed by atoms with van der Waals surface area (Å²) in [5, 5.41) is 6.01. The van der Waals surface area contributed by atoms with Crippen LogP contribution in [0.4, 0.5) is 0 Å². The maximum atomic E-state index is 12.5. The van der Waals surface area contributed by atoms with Gasteiger partial charge in [0.15, 0.2) is 5.75 Å². The van der Waals surface area contributed by atoms with Gasteiger partial charge in [-0.15, -0.1) is 0 Å². The van der Waals surface area contributed by atoms with E-state index in [0.717, 1.165) is 16.3 Å². The van der Waals surface area contributed by atoms with Crippen LogP contribution in [0, 0.1) is 6.92 Å². The number of aryl methyl sites for hydroxylation is 1. The summed E-state index contributed by atoms with van der Waals surface area (Å²) in [5.41, 5.74) is 4.59. The molecule has 0 aliphatic carbocycles. The molecule has 4 aromatic carbocycles. The first-order valence-corrected chi connectivity index (χ1v) is 12.1. The molecule has 0 aliphatic heterocycles. The van der Waals surface area contributed by atoms with Crippen LogP contribution in [-0.2, 0) is 10.1 Å². The Kier molecular flexibility index (Phi) is 6.57. The second-order valence-corrected chi connectivity index (χ2v) is 9.70. The molecule has 0 fully saturated rings. The summed E-state index contributed by atoms with van der Waals surface area (Å²) < 4.78 is 30.7. The number of hydrogen-bond acceptors (Lipinski definition) is 5. The van der Waals surface area contributed by atoms with Crippen molar-refractivity contribution in [2.75, 3.05) is 0 Å². The predicted octanol–water partition coefficient (Wildman–Crippen LogP) is 5.44. The van der Waals surface area contributed by atoms with Gasteiger partial charge in [0.05, 0.1) is 10.7 Å². The van der Waals surface area contributed by atoms with Crippen LogP contribution < -0.4 is 9.61 Å². The molecular formula is C25H19BrN2O4S. The van der Waals surface area contributed by atoms with Crippen molar-refractivity contribution in [1.82, 2.24) is 5.43 Å². The number of nitrogens with one attached hydrogen (secondary N) is 1. The SMILES string of the molecule is Cc1ccc(S(=O)(=O)Oc2ccc(/C=N\NC(=O)c3ccc4ccccc4c3)cc2Br)cc1. The fourth-order valence-electron chi connectivity index (χ4n) is 3.10. The van der Waals surface area contributed by atoms with Gasteiger partial charge in [0.2, 0.25) is 0 Å². The molecule has 0 heterocycles. The summed E-state index contributed by atoms with van der Waals surface area (Å²) in [4.78, 5) is 12.5. The number of carbonyl (C=O) groups is 1. The molecule has 0 aromatic heterocycles. The van der Waals surface area contributed by atoms with Crippen molar-refractivity contribution in [1.29, 1.82) is 0 Å². The summed E-state index contributed by atoms with van der Waals surface area (Å²) in [6, 6.07) is 24.4. The molecule has 0 unspecified atom stereocenters. The van der Waals surface area contributed by atoms with Gasteiger partial charge in [-0.05, 0) is 81.7 Å². The summed E-state index contributed by atoms with van der Waals surface area (Å²) in [5.74, 6) is -0.187. The Labute approximate surface area is 200 Å². The summed E-state index contributed by atoms with van der Waals surface area (Å²) in [6.07, 6.45) is 1.46. The number of halogens is 1. The van der Waals surface area contributed by atoms with Crippen LogP contribution in [0.2, 0.25) is 0 Å². The van der Waals surface area contributed by atoms with E-state index in [9.17, 15) is 13.2 Å². The molecule has 8 heteroatoms. The Morgan fingerprint density at radius 1 is 0.939 bits per heavy atom. The molecule has 4 rings (SSSR count). The lowest BCUT2D eigenvalue weighted by Gasteiger charge is -2.09. The molecule has 166 valence electrons. The Morgan fingerprint density at radius 2 is 1.67 bits per heavy atom. The highest BCUT2D eigenvalue weighted by atomic mass is 79.9. The Morgan fingerprint density at radius 3 is 2.39 bits per heavy atom. The highest BCUT2D eigenvalue weighted by Gasteiger charge is 2.18. The zero-order chi connectivity index (χ0) is 23.4. The second kappa shape index (κ2) is 9.56. The molecule has 0 aliphatic rings. The molecule has 0 bridgehead atoms. The standard InChI is InChI=1S/C25H19BrN2O4S/c1-17-6-11-22(12-7-17)33(30,31)32-24-13-8-18(14-23(24)26)16-27-28-25(29)21-10-9-19-4-2-3-5-20(19)15-21/h2-16H,1H3,(H,28,29)/b27-16-. The fraction of sp³-hybridized carbons (Fsp3) is 0.0400. The topological polar surface area (TPSA) is 84.8 Å². The third-order valence-electron chi connectivity index (χ3n) is 4.86. The Hall–Kier alpha value is -3.49. The highest BCUT2D eigenvalue weighted by Crippen LogP contribution is 2.28. The van der Waals surface area contributed by atoms with E-state index < -0.39 is 10.1 Å². The van der Waals surface area contributed by atoms with Crippen molar-refractivity contribution in [3.8, 4) is 5.75 Å². The van der Waals surface area contributed by atoms with Crippen molar-refractivity contribution in [3.05, 3.63) is 106 Å². The molecule has 0 saturated carbocycles. The van der Waals surface area contributed by atoms with E-state index in [1.54, 1.807) is 36.4 Å². The zero-order valence-corrected chi connectivity index (χ0v) is 19.9. The van der Waals surface area contributed by atoms with Gasteiger partial charge in [0, 0.05) is 5.56 Å². The average molecular weight is 523 g/mol. The molecule has 0 saturated heterocycles. The fourth-order valence-corrected chi connectivity index (χ4v) is 4.63. The van der Waals surface area contributed by atoms with Gasteiger partial charge in [-0.2, -0.15) is 13.5 Å².